The summed E-state index contributed by atoms with van der Waals surface area (Å²) in [6.07, 6.45) is 0. The molecule has 1 aromatic carbocycles. The van der Waals surface area contributed by atoms with Gasteiger partial charge in [-0.3, -0.25) is 0 Å². The summed E-state index contributed by atoms with van der Waals surface area (Å²) < 4.78 is 28.9. The summed E-state index contributed by atoms with van der Waals surface area (Å²) in [6, 6.07) is 1.44. The number of benzene rings is 1. The second-order valence-corrected chi connectivity index (χ2v) is 3.91. The van der Waals surface area contributed by atoms with Gasteiger partial charge >= 0.3 is 0 Å². The molecule has 0 bridgehead atoms. The Balaban J connectivity index is 2.62. The molecule has 0 radical (unpaired) electrons. The van der Waals surface area contributed by atoms with Gasteiger partial charge in [-0.05, 0) is 6.07 Å². The summed E-state index contributed by atoms with van der Waals surface area (Å²) >= 11 is 5.92. The quantitative estimate of drug-likeness (QED) is 0.926. The van der Waals surface area contributed by atoms with E-state index in [2.05, 4.69) is 10.1 Å². The van der Waals surface area contributed by atoms with Gasteiger partial charge in [-0.1, -0.05) is 16.8 Å². The smallest absolute Gasteiger partial charge is 0.240 e. The van der Waals surface area contributed by atoms with Crippen molar-refractivity contribution in [1.82, 2.24) is 10.1 Å². The molecule has 0 aliphatic carbocycles. The van der Waals surface area contributed by atoms with Gasteiger partial charge in [0.25, 0.3) is 0 Å². The zero-order valence-electron chi connectivity index (χ0n) is 10.2. The topological polar surface area (TPSA) is 83.4 Å². The van der Waals surface area contributed by atoms with Crippen LogP contribution in [0.3, 0.4) is 0 Å². The minimum Gasteiger partial charge on any atom is -0.493 e. The van der Waals surface area contributed by atoms with E-state index in [0.717, 1.165) is 0 Å². The van der Waals surface area contributed by atoms with Crippen LogP contribution >= 0.6 is 11.6 Å². The van der Waals surface area contributed by atoms with Gasteiger partial charge in [0.2, 0.25) is 17.5 Å². The van der Waals surface area contributed by atoms with Gasteiger partial charge in [0.1, 0.15) is 0 Å². The average molecular weight is 288 g/mol. The van der Waals surface area contributed by atoms with Crippen LogP contribution in [0, 0.1) is 5.82 Å². The van der Waals surface area contributed by atoms with Gasteiger partial charge in [0, 0.05) is 0 Å². The molecular formula is C11H11ClFN3O3. The number of hydrogen-bond acceptors (Lipinski definition) is 6. The molecule has 0 unspecified atom stereocenters. The third-order valence-corrected chi connectivity index (χ3v) is 2.70. The Morgan fingerprint density at radius 1 is 1.37 bits per heavy atom. The number of methoxy groups -OCH3 is 2. The average Bonchev–Trinajstić information content (AvgIpc) is 2.87. The summed E-state index contributed by atoms with van der Waals surface area (Å²) in [7, 11) is 2.63. The zero-order valence-corrected chi connectivity index (χ0v) is 11.0. The van der Waals surface area contributed by atoms with Crippen molar-refractivity contribution in [3.63, 3.8) is 0 Å². The fraction of sp³-hybridized carbons (Fsp3) is 0.273. The molecule has 0 atom stereocenters. The first-order valence-corrected chi connectivity index (χ1v) is 5.63. The molecule has 0 saturated heterocycles. The standard InChI is InChI=1S/C11H11ClFN3O3/c1-17-9-5(11-15-7(4-14)19-16-11)3-6(12)10(18-2)8(9)13/h3H,4,14H2,1-2H3. The third-order valence-electron chi connectivity index (χ3n) is 2.42. The Labute approximate surface area is 113 Å². The summed E-state index contributed by atoms with van der Waals surface area (Å²) in [6.45, 7) is 0.0850. The van der Waals surface area contributed by atoms with Crippen LogP contribution in [0.25, 0.3) is 11.4 Å². The normalized spacial score (nSPS) is 10.6. The van der Waals surface area contributed by atoms with E-state index >= 15 is 0 Å². The second kappa shape index (κ2) is 5.41. The molecule has 0 spiro atoms. The maximum atomic E-state index is 14.1. The molecular weight excluding hydrogens is 277 g/mol. The number of hydrogen-bond donors (Lipinski definition) is 1. The number of nitrogens with two attached hydrogens (primary N) is 1. The highest BCUT2D eigenvalue weighted by atomic mass is 35.5. The van der Waals surface area contributed by atoms with E-state index in [9.17, 15) is 4.39 Å². The first-order valence-electron chi connectivity index (χ1n) is 5.25. The van der Waals surface area contributed by atoms with Crippen LogP contribution in [-0.2, 0) is 6.54 Å². The van der Waals surface area contributed by atoms with E-state index < -0.39 is 5.82 Å². The molecule has 6 nitrogen and oxygen atoms in total. The number of nitrogens with zero attached hydrogens (tertiary/aromatic N) is 2. The van der Waals surface area contributed by atoms with Gasteiger partial charge in [-0.2, -0.15) is 9.37 Å². The molecule has 2 rings (SSSR count). The minimum absolute atomic E-state index is 0.0781. The molecule has 0 saturated carbocycles. The van der Waals surface area contributed by atoms with Crippen LogP contribution in [0.5, 0.6) is 11.5 Å². The van der Waals surface area contributed by atoms with Gasteiger partial charge in [-0.25, -0.2) is 0 Å². The highest BCUT2D eigenvalue weighted by Gasteiger charge is 2.22. The van der Waals surface area contributed by atoms with Crippen LogP contribution < -0.4 is 15.2 Å². The number of rotatable bonds is 4. The monoisotopic (exact) mass is 287 g/mol. The van der Waals surface area contributed by atoms with Crippen LogP contribution in [0.4, 0.5) is 4.39 Å². The van der Waals surface area contributed by atoms with Crippen LogP contribution in [0.2, 0.25) is 5.02 Å². The van der Waals surface area contributed by atoms with Gasteiger partial charge < -0.3 is 19.7 Å². The van der Waals surface area contributed by atoms with E-state index in [0.29, 0.717) is 0 Å². The Morgan fingerprint density at radius 2 is 2.05 bits per heavy atom. The Hall–Kier alpha value is -1.86. The first kappa shape index (κ1) is 13.6. The largest absolute Gasteiger partial charge is 0.493 e. The molecule has 1 aromatic heterocycles. The third kappa shape index (κ3) is 2.34. The highest BCUT2D eigenvalue weighted by Crippen LogP contribution is 2.40. The number of halogens is 2. The molecule has 19 heavy (non-hydrogen) atoms. The van der Waals surface area contributed by atoms with Crippen molar-refractivity contribution in [3.05, 3.63) is 22.8 Å². The molecule has 1 heterocycles. The molecule has 0 amide bonds. The minimum atomic E-state index is -0.730. The lowest BCUT2D eigenvalue weighted by molar-refractivity contribution is 0.351. The van der Waals surface area contributed by atoms with Crippen molar-refractivity contribution in [2.75, 3.05) is 14.2 Å². The van der Waals surface area contributed by atoms with Crippen molar-refractivity contribution >= 4 is 11.6 Å². The Bertz CT molecular complexity index is 603. The molecule has 8 heteroatoms. The molecule has 2 N–H and O–H groups in total. The predicted octanol–water partition coefficient (Wildman–Crippen LogP) is 2.00. The van der Waals surface area contributed by atoms with Crippen LogP contribution in [0.15, 0.2) is 10.6 Å². The van der Waals surface area contributed by atoms with E-state index in [1.807, 2.05) is 0 Å². The molecule has 0 fully saturated rings. The second-order valence-electron chi connectivity index (χ2n) is 3.50. The SMILES string of the molecule is COc1c(Cl)cc(-c2noc(CN)n2)c(OC)c1F. The van der Waals surface area contributed by atoms with Crippen molar-refractivity contribution in [1.29, 1.82) is 0 Å². The van der Waals surface area contributed by atoms with Crippen molar-refractivity contribution in [3.8, 4) is 22.9 Å². The van der Waals surface area contributed by atoms with E-state index in [-0.39, 0.29) is 40.3 Å². The number of ether oxygens (including phenoxy) is 2. The van der Waals surface area contributed by atoms with Gasteiger partial charge in [0.05, 0.1) is 31.4 Å². The van der Waals surface area contributed by atoms with Gasteiger partial charge in [0.15, 0.2) is 11.5 Å². The summed E-state index contributed by atoms with van der Waals surface area (Å²) in [5, 5.41) is 3.77. The maximum Gasteiger partial charge on any atom is 0.240 e. The van der Waals surface area contributed by atoms with E-state index in [1.165, 1.54) is 20.3 Å². The molecule has 102 valence electrons. The predicted molar refractivity (Wildman–Crippen MR) is 65.7 cm³/mol. The van der Waals surface area contributed by atoms with Crippen molar-refractivity contribution < 1.29 is 18.4 Å². The fourth-order valence-electron chi connectivity index (χ4n) is 1.58. The molecule has 0 aliphatic heterocycles. The van der Waals surface area contributed by atoms with Crippen LogP contribution in [-0.4, -0.2) is 24.4 Å². The Morgan fingerprint density at radius 3 is 2.58 bits per heavy atom. The van der Waals surface area contributed by atoms with Crippen molar-refractivity contribution in [2.24, 2.45) is 5.73 Å². The lowest BCUT2D eigenvalue weighted by atomic mass is 10.1. The van der Waals surface area contributed by atoms with E-state index in [4.69, 9.17) is 31.3 Å². The summed E-state index contributed by atoms with van der Waals surface area (Å²) in [5.74, 6) is -0.549. The zero-order chi connectivity index (χ0) is 14.0. The van der Waals surface area contributed by atoms with Crippen LogP contribution in [0.1, 0.15) is 5.89 Å². The maximum absolute atomic E-state index is 14.1. The summed E-state index contributed by atoms with van der Waals surface area (Å²) in [4.78, 5) is 4.00. The Kier molecular flexibility index (Phi) is 3.87. The highest BCUT2D eigenvalue weighted by molar-refractivity contribution is 6.32. The first-order chi connectivity index (χ1) is 9.12. The lowest BCUT2D eigenvalue weighted by Gasteiger charge is -2.11. The van der Waals surface area contributed by atoms with Crippen molar-refractivity contribution in [2.45, 2.75) is 6.54 Å². The molecule has 0 aliphatic rings. The van der Waals surface area contributed by atoms with E-state index in [1.54, 1.807) is 0 Å². The lowest BCUT2D eigenvalue weighted by Crippen LogP contribution is -1.99. The van der Waals surface area contributed by atoms with Gasteiger partial charge in [-0.15, -0.1) is 0 Å². The number of aromatic nitrogens is 2. The fourth-order valence-corrected chi connectivity index (χ4v) is 1.85. The molecule has 2 aromatic rings. The summed E-state index contributed by atoms with van der Waals surface area (Å²) in [5.41, 5.74) is 5.63.